The van der Waals surface area contributed by atoms with Crippen molar-refractivity contribution in [2.75, 3.05) is 6.61 Å². The Hall–Kier alpha value is -2.04. The first-order chi connectivity index (χ1) is 9.06. The summed E-state index contributed by atoms with van der Waals surface area (Å²) in [6, 6.07) is 5.81. The van der Waals surface area contributed by atoms with Crippen molar-refractivity contribution in [2.24, 2.45) is 5.92 Å². The predicted molar refractivity (Wildman–Crippen MR) is 69.2 cm³/mol. The fourth-order valence-electron chi connectivity index (χ4n) is 1.54. The molecule has 0 aromatic heterocycles. The molecule has 2 rings (SSSR count). The molecule has 1 fully saturated rings. The van der Waals surface area contributed by atoms with E-state index in [0.717, 1.165) is 12.4 Å². The summed E-state index contributed by atoms with van der Waals surface area (Å²) in [6.07, 6.45) is 2.46. The average molecular weight is 263 g/mol. The molecule has 1 aromatic rings. The molecule has 0 radical (unpaired) electrons. The Morgan fingerprint density at radius 2 is 2.00 bits per heavy atom. The summed E-state index contributed by atoms with van der Waals surface area (Å²) in [6.45, 7) is 2.15. The zero-order chi connectivity index (χ0) is 13.8. The molecule has 5 nitrogen and oxygen atoms in total. The highest BCUT2D eigenvalue weighted by Gasteiger charge is 2.22. The molecule has 1 amide bonds. The molecule has 0 heterocycles. The highest BCUT2D eigenvalue weighted by atomic mass is 16.5. The second-order valence-corrected chi connectivity index (χ2v) is 4.81. The van der Waals surface area contributed by atoms with E-state index in [1.165, 1.54) is 19.8 Å². The lowest BCUT2D eigenvalue weighted by Gasteiger charge is -2.10. The van der Waals surface area contributed by atoms with Crippen molar-refractivity contribution in [2.45, 2.75) is 25.8 Å². The monoisotopic (exact) mass is 263 g/mol. The molecule has 1 saturated carbocycles. The van der Waals surface area contributed by atoms with E-state index in [1.807, 2.05) is 0 Å². The number of benzene rings is 1. The van der Waals surface area contributed by atoms with Crippen molar-refractivity contribution in [3.8, 4) is 5.75 Å². The maximum atomic E-state index is 11.7. The number of carboxylic acids is 1. The minimum atomic E-state index is -1.06. The second-order valence-electron chi connectivity index (χ2n) is 4.81. The first kappa shape index (κ1) is 13.4. The Morgan fingerprint density at radius 3 is 2.53 bits per heavy atom. The standard InChI is InChI=1S/C14H17NO4/c1-9(14(17)18)15-13(16)11-4-6-12(7-5-11)19-8-10-2-3-10/h4-7,9-10H,2-3,8H2,1H3,(H,15,16)(H,17,18). The van der Waals surface area contributed by atoms with E-state index in [4.69, 9.17) is 9.84 Å². The molecule has 0 bridgehead atoms. The van der Waals surface area contributed by atoms with E-state index >= 15 is 0 Å². The molecule has 1 aromatic carbocycles. The largest absolute Gasteiger partial charge is 0.493 e. The summed E-state index contributed by atoms with van der Waals surface area (Å²) in [4.78, 5) is 22.4. The van der Waals surface area contributed by atoms with E-state index in [1.54, 1.807) is 24.3 Å². The van der Waals surface area contributed by atoms with E-state index in [0.29, 0.717) is 11.5 Å². The smallest absolute Gasteiger partial charge is 0.325 e. The van der Waals surface area contributed by atoms with Crippen LogP contribution in [0.25, 0.3) is 0 Å². The fraction of sp³-hybridized carbons (Fsp3) is 0.429. The summed E-state index contributed by atoms with van der Waals surface area (Å²) >= 11 is 0. The molecule has 1 unspecified atom stereocenters. The van der Waals surface area contributed by atoms with Crippen LogP contribution in [0.5, 0.6) is 5.75 Å². The van der Waals surface area contributed by atoms with E-state index < -0.39 is 17.9 Å². The van der Waals surface area contributed by atoms with Crippen LogP contribution in [0.3, 0.4) is 0 Å². The van der Waals surface area contributed by atoms with Crippen LogP contribution in [-0.4, -0.2) is 29.6 Å². The van der Waals surface area contributed by atoms with Crippen molar-refractivity contribution in [1.29, 1.82) is 0 Å². The molecule has 0 spiro atoms. The highest BCUT2D eigenvalue weighted by molar-refractivity contribution is 5.96. The summed E-state index contributed by atoms with van der Waals surface area (Å²) in [5, 5.41) is 11.1. The highest BCUT2D eigenvalue weighted by Crippen LogP contribution is 2.29. The number of hydrogen-bond donors (Lipinski definition) is 2. The summed E-state index contributed by atoms with van der Waals surface area (Å²) in [7, 11) is 0. The van der Waals surface area contributed by atoms with Crippen LogP contribution in [0.15, 0.2) is 24.3 Å². The number of ether oxygens (including phenoxy) is 1. The molecule has 102 valence electrons. The first-order valence-corrected chi connectivity index (χ1v) is 6.33. The van der Waals surface area contributed by atoms with E-state index in [-0.39, 0.29) is 0 Å². The number of rotatable bonds is 6. The third kappa shape index (κ3) is 3.98. The molecule has 19 heavy (non-hydrogen) atoms. The van der Waals surface area contributed by atoms with Crippen LogP contribution in [0.1, 0.15) is 30.1 Å². The predicted octanol–water partition coefficient (Wildman–Crippen LogP) is 1.68. The number of carboxylic acid groups (broad SMARTS) is 1. The molecular weight excluding hydrogens is 246 g/mol. The molecule has 0 aliphatic heterocycles. The third-order valence-electron chi connectivity index (χ3n) is 3.02. The minimum Gasteiger partial charge on any atom is -0.493 e. The van der Waals surface area contributed by atoms with Gasteiger partial charge in [0.15, 0.2) is 0 Å². The lowest BCUT2D eigenvalue weighted by Crippen LogP contribution is -2.38. The summed E-state index contributed by atoms with van der Waals surface area (Å²) in [5.74, 6) is -0.0458. The van der Waals surface area contributed by atoms with Gasteiger partial charge in [0.25, 0.3) is 5.91 Å². The minimum absolute atomic E-state index is 0.399. The Bertz CT molecular complexity index is 465. The molecule has 1 aliphatic carbocycles. The maximum absolute atomic E-state index is 11.7. The topological polar surface area (TPSA) is 75.6 Å². The van der Waals surface area contributed by atoms with Crippen molar-refractivity contribution in [1.82, 2.24) is 5.32 Å². The van der Waals surface area contributed by atoms with Crippen LogP contribution < -0.4 is 10.1 Å². The zero-order valence-electron chi connectivity index (χ0n) is 10.8. The quantitative estimate of drug-likeness (QED) is 0.818. The van der Waals surface area contributed by atoms with E-state index in [9.17, 15) is 9.59 Å². The van der Waals surface area contributed by atoms with Gasteiger partial charge in [-0.1, -0.05) is 0 Å². The van der Waals surface area contributed by atoms with Crippen LogP contribution in [0, 0.1) is 5.92 Å². The van der Waals surface area contributed by atoms with Crippen molar-refractivity contribution >= 4 is 11.9 Å². The molecule has 1 atom stereocenters. The Labute approximate surface area is 111 Å². The number of aliphatic carboxylic acids is 1. The van der Waals surface area contributed by atoms with Crippen molar-refractivity contribution < 1.29 is 19.4 Å². The number of hydrogen-bond acceptors (Lipinski definition) is 3. The van der Waals surface area contributed by atoms with Gasteiger partial charge in [-0.05, 0) is 49.9 Å². The van der Waals surface area contributed by atoms with Gasteiger partial charge < -0.3 is 15.2 Å². The number of carbonyl (C=O) groups excluding carboxylic acids is 1. The maximum Gasteiger partial charge on any atom is 0.325 e. The van der Waals surface area contributed by atoms with Crippen LogP contribution in [0.2, 0.25) is 0 Å². The Balaban J connectivity index is 1.89. The van der Waals surface area contributed by atoms with Gasteiger partial charge in [0.1, 0.15) is 11.8 Å². The van der Waals surface area contributed by atoms with E-state index in [2.05, 4.69) is 5.32 Å². The van der Waals surface area contributed by atoms with Crippen molar-refractivity contribution in [3.05, 3.63) is 29.8 Å². The third-order valence-corrected chi connectivity index (χ3v) is 3.02. The van der Waals surface area contributed by atoms with Gasteiger partial charge in [0.2, 0.25) is 0 Å². The van der Waals surface area contributed by atoms with Crippen molar-refractivity contribution in [3.63, 3.8) is 0 Å². The fourth-order valence-corrected chi connectivity index (χ4v) is 1.54. The van der Waals surface area contributed by atoms with Gasteiger partial charge in [-0.3, -0.25) is 9.59 Å². The number of carbonyl (C=O) groups is 2. The van der Waals surface area contributed by atoms with Gasteiger partial charge in [-0.25, -0.2) is 0 Å². The molecule has 1 aliphatic rings. The average Bonchev–Trinajstić information content (AvgIpc) is 3.20. The lowest BCUT2D eigenvalue weighted by atomic mass is 10.2. The second kappa shape index (κ2) is 5.73. The zero-order valence-corrected chi connectivity index (χ0v) is 10.8. The normalized spacial score (nSPS) is 15.6. The molecule has 0 saturated heterocycles. The number of nitrogens with one attached hydrogen (secondary N) is 1. The lowest BCUT2D eigenvalue weighted by molar-refractivity contribution is -0.138. The van der Waals surface area contributed by atoms with Gasteiger partial charge in [-0.15, -0.1) is 0 Å². The van der Waals surface area contributed by atoms with Crippen LogP contribution in [0.4, 0.5) is 0 Å². The number of amides is 1. The van der Waals surface area contributed by atoms with Gasteiger partial charge in [0, 0.05) is 5.56 Å². The molecule has 2 N–H and O–H groups in total. The molecule has 5 heteroatoms. The van der Waals surface area contributed by atoms with Crippen LogP contribution in [-0.2, 0) is 4.79 Å². The van der Waals surface area contributed by atoms with Gasteiger partial charge in [-0.2, -0.15) is 0 Å². The Morgan fingerprint density at radius 1 is 1.37 bits per heavy atom. The Kier molecular flexibility index (Phi) is 4.04. The molecular formula is C14H17NO4. The van der Waals surface area contributed by atoms with Crippen LogP contribution >= 0.6 is 0 Å². The SMILES string of the molecule is CC(NC(=O)c1ccc(OCC2CC2)cc1)C(=O)O. The summed E-state index contributed by atoms with van der Waals surface area (Å²) in [5.41, 5.74) is 0.423. The van der Waals surface area contributed by atoms with Gasteiger partial charge in [0.05, 0.1) is 6.61 Å². The van der Waals surface area contributed by atoms with Gasteiger partial charge >= 0.3 is 5.97 Å². The summed E-state index contributed by atoms with van der Waals surface area (Å²) < 4.78 is 5.56. The first-order valence-electron chi connectivity index (χ1n) is 6.33.